The highest BCUT2D eigenvalue weighted by atomic mass is 16.1. The summed E-state index contributed by atoms with van der Waals surface area (Å²) in [5.41, 5.74) is 6.92. The van der Waals surface area contributed by atoms with Crippen molar-refractivity contribution in [3.63, 3.8) is 0 Å². The summed E-state index contributed by atoms with van der Waals surface area (Å²) in [6.45, 7) is 6.60. The zero-order valence-electron chi connectivity index (χ0n) is 15.2. The van der Waals surface area contributed by atoms with E-state index in [1.807, 2.05) is 37.3 Å². The lowest BCUT2D eigenvalue weighted by Crippen LogP contribution is -2.15. The maximum Gasteiger partial charge on any atom is 0.253 e. The number of nitrogens with zero attached hydrogens (tertiary/aromatic N) is 1. The molecule has 0 amide bonds. The van der Waals surface area contributed by atoms with Gasteiger partial charge in [-0.1, -0.05) is 6.07 Å². The number of pyridine rings is 2. The van der Waals surface area contributed by atoms with Gasteiger partial charge < -0.3 is 10.3 Å². The van der Waals surface area contributed by atoms with Crippen molar-refractivity contribution in [1.29, 1.82) is 0 Å². The lowest BCUT2D eigenvalue weighted by molar-refractivity contribution is 1.09. The van der Waals surface area contributed by atoms with Crippen LogP contribution in [0.3, 0.4) is 0 Å². The lowest BCUT2D eigenvalue weighted by Gasteiger charge is -2.09. The van der Waals surface area contributed by atoms with E-state index in [1.54, 1.807) is 0 Å². The van der Waals surface area contributed by atoms with Crippen molar-refractivity contribution in [2.45, 2.75) is 27.3 Å². The smallest absolute Gasteiger partial charge is 0.253 e. The van der Waals surface area contributed by atoms with Gasteiger partial charge in [-0.15, -0.1) is 0 Å². The molecular weight excluding hydrogens is 322 g/mol. The highest BCUT2D eigenvalue weighted by Gasteiger charge is 2.06. The first kappa shape index (κ1) is 16.3. The minimum Gasteiger partial charge on any atom is -0.381 e. The normalized spacial score (nSPS) is 11.2. The van der Waals surface area contributed by atoms with Crippen LogP contribution in [0.1, 0.15) is 22.4 Å². The molecule has 0 radical (unpaired) electrons. The number of aryl methyl sites for hydroxylation is 3. The highest BCUT2D eigenvalue weighted by Crippen LogP contribution is 2.20. The van der Waals surface area contributed by atoms with Gasteiger partial charge in [-0.2, -0.15) is 0 Å². The molecule has 0 saturated heterocycles. The molecule has 4 heteroatoms. The average molecular weight is 343 g/mol. The fourth-order valence-electron chi connectivity index (χ4n) is 3.19. The minimum atomic E-state index is -0.0497. The molecule has 26 heavy (non-hydrogen) atoms. The Morgan fingerprint density at radius 3 is 2.58 bits per heavy atom. The second-order valence-electron chi connectivity index (χ2n) is 6.86. The Kier molecular flexibility index (Phi) is 3.96. The number of nitrogens with one attached hydrogen (secondary N) is 2. The van der Waals surface area contributed by atoms with E-state index in [0.29, 0.717) is 6.54 Å². The molecule has 2 aromatic carbocycles. The molecule has 0 unspecified atom stereocenters. The predicted molar refractivity (Wildman–Crippen MR) is 108 cm³/mol. The standard InChI is InChI=1S/C22H21N3O/c1-13-8-17-10-18(22(26)25-21(17)9-14(13)2)12-23-19-6-7-20-16(11-19)5-4-15(3)24-20/h4-11,23H,12H2,1-3H3,(H,25,26). The number of rotatable bonds is 3. The first-order valence-corrected chi connectivity index (χ1v) is 8.74. The zero-order valence-corrected chi connectivity index (χ0v) is 15.2. The van der Waals surface area contributed by atoms with Crippen LogP contribution in [0.4, 0.5) is 5.69 Å². The lowest BCUT2D eigenvalue weighted by atomic mass is 10.0. The van der Waals surface area contributed by atoms with Crippen molar-refractivity contribution in [3.05, 3.63) is 81.3 Å². The van der Waals surface area contributed by atoms with Crippen LogP contribution in [-0.2, 0) is 6.54 Å². The Balaban J connectivity index is 1.63. The van der Waals surface area contributed by atoms with Gasteiger partial charge in [0.25, 0.3) is 5.56 Å². The average Bonchev–Trinajstić information content (AvgIpc) is 2.61. The van der Waals surface area contributed by atoms with E-state index in [1.165, 1.54) is 11.1 Å². The fourth-order valence-corrected chi connectivity index (χ4v) is 3.19. The van der Waals surface area contributed by atoms with Crippen molar-refractivity contribution in [2.75, 3.05) is 5.32 Å². The second kappa shape index (κ2) is 6.30. The number of anilines is 1. The highest BCUT2D eigenvalue weighted by molar-refractivity contribution is 5.83. The van der Waals surface area contributed by atoms with Crippen LogP contribution in [-0.4, -0.2) is 9.97 Å². The van der Waals surface area contributed by atoms with Gasteiger partial charge in [0.05, 0.1) is 5.52 Å². The molecule has 0 bridgehead atoms. The van der Waals surface area contributed by atoms with Gasteiger partial charge in [0.15, 0.2) is 0 Å². The van der Waals surface area contributed by atoms with E-state index >= 15 is 0 Å². The molecule has 0 saturated carbocycles. The molecule has 2 heterocycles. The van der Waals surface area contributed by atoms with Crippen molar-refractivity contribution in [3.8, 4) is 0 Å². The number of H-pyrrole nitrogens is 1. The molecule has 0 aliphatic carbocycles. The van der Waals surface area contributed by atoms with Crippen LogP contribution in [0.25, 0.3) is 21.8 Å². The van der Waals surface area contributed by atoms with E-state index in [-0.39, 0.29) is 5.56 Å². The predicted octanol–water partition coefficient (Wildman–Crippen LogP) is 4.61. The summed E-state index contributed by atoms with van der Waals surface area (Å²) in [5.74, 6) is 0. The van der Waals surface area contributed by atoms with Crippen LogP contribution >= 0.6 is 0 Å². The number of aromatic nitrogens is 2. The summed E-state index contributed by atoms with van der Waals surface area (Å²) < 4.78 is 0. The third kappa shape index (κ3) is 3.06. The summed E-state index contributed by atoms with van der Waals surface area (Å²) in [4.78, 5) is 19.9. The second-order valence-corrected chi connectivity index (χ2v) is 6.86. The first-order chi connectivity index (χ1) is 12.5. The molecule has 4 nitrogen and oxygen atoms in total. The largest absolute Gasteiger partial charge is 0.381 e. The maximum absolute atomic E-state index is 12.4. The summed E-state index contributed by atoms with van der Waals surface area (Å²) >= 11 is 0. The summed E-state index contributed by atoms with van der Waals surface area (Å²) in [5, 5.41) is 5.49. The van der Waals surface area contributed by atoms with E-state index in [4.69, 9.17) is 0 Å². The molecule has 0 spiro atoms. The zero-order chi connectivity index (χ0) is 18.3. The quantitative estimate of drug-likeness (QED) is 0.571. The molecule has 2 N–H and O–H groups in total. The molecule has 0 aliphatic rings. The Labute approximate surface area is 151 Å². The van der Waals surface area contributed by atoms with Gasteiger partial charge in [0.2, 0.25) is 0 Å². The fraction of sp³-hybridized carbons (Fsp3) is 0.182. The Morgan fingerprint density at radius 2 is 1.73 bits per heavy atom. The summed E-state index contributed by atoms with van der Waals surface area (Å²) in [6.07, 6.45) is 0. The van der Waals surface area contributed by atoms with E-state index in [2.05, 4.69) is 47.3 Å². The number of hydrogen-bond donors (Lipinski definition) is 2. The van der Waals surface area contributed by atoms with E-state index in [0.717, 1.165) is 38.8 Å². The van der Waals surface area contributed by atoms with Crippen LogP contribution in [0.15, 0.2) is 53.3 Å². The first-order valence-electron chi connectivity index (χ1n) is 8.74. The van der Waals surface area contributed by atoms with Crippen molar-refractivity contribution >= 4 is 27.5 Å². The van der Waals surface area contributed by atoms with Gasteiger partial charge >= 0.3 is 0 Å². The Bertz CT molecular complexity index is 1190. The van der Waals surface area contributed by atoms with Crippen LogP contribution < -0.4 is 10.9 Å². The van der Waals surface area contributed by atoms with Gasteiger partial charge in [-0.05, 0) is 79.7 Å². The van der Waals surface area contributed by atoms with Crippen molar-refractivity contribution in [1.82, 2.24) is 9.97 Å². The molecule has 0 aliphatic heterocycles. The van der Waals surface area contributed by atoms with E-state index < -0.39 is 0 Å². The monoisotopic (exact) mass is 343 g/mol. The number of hydrogen-bond acceptors (Lipinski definition) is 3. The van der Waals surface area contributed by atoms with Gasteiger partial charge in [0, 0.05) is 34.4 Å². The number of fused-ring (bicyclic) bond motifs is 2. The van der Waals surface area contributed by atoms with Gasteiger partial charge in [-0.25, -0.2) is 0 Å². The Morgan fingerprint density at radius 1 is 0.923 bits per heavy atom. The maximum atomic E-state index is 12.4. The molecule has 4 rings (SSSR count). The Hall–Kier alpha value is -3.14. The van der Waals surface area contributed by atoms with E-state index in [9.17, 15) is 4.79 Å². The molecular formula is C22H21N3O. The minimum absolute atomic E-state index is 0.0497. The van der Waals surface area contributed by atoms with Crippen LogP contribution in [0.2, 0.25) is 0 Å². The number of benzene rings is 2. The molecule has 0 atom stereocenters. The van der Waals surface area contributed by atoms with Crippen LogP contribution in [0, 0.1) is 20.8 Å². The molecule has 2 aromatic heterocycles. The van der Waals surface area contributed by atoms with Gasteiger partial charge in [0.1, 0.15) is 0 Å². The SMILES string of the molecule is Cc1ccc2cc(NCc3cc4cc(C)c(C)cc4[nH]c3=O)ccc2n1. The molecule has 0 fully saturated rings. The third-order valence-corrected chi connectivity index (χ3v) is 4.85. The molecule has 4 aromatic rings. The van der Waals surface area contributed by atoms with Crippen LogP contribution in [0.5, 0.6) is 0 Å². The molecule has 130 valence electrons. The van der Waals surface area contributed by atoms with Crippen molar-refractivity contribution in [2.24, 2.45) is 0 Å². The summed E-state index contributed by atoms with van der Waals surface area (Å²) in [6, 6.07) is 16.3. The summed E-state index contributed by atoms with van der Waals surface area (Å²) in [7, 11) is 0. The topological polar surface area (TPSA) is 57.8 Å². The third-order valence-electron chi connectivity index (χ3n) is 4.85. The van der Waals surface area contributed by atoms with Gasteiger partial charge in [-0.3, -0.25) is 9.78 Å². The number of aromatic amines is 1. The van der Waals surface area contributed by atoms with Crippen molar-refractivity contribution < 1.29 is 0 Å².